The van der Waals surface area contributed by atoms with Crippen molar-refractivity contribution in [2.24, 2.45) is 5.73 Å². The second-order valence-corrected chi connectivity index (χ2v) is 9.10. The summed E-state index contributed by atoms with van der Waals surface area (Å²) in [5.41, 5.74) is 7.02. The van der Waals surface area contributed by atoms with Crippen LogP contribution in [0.15, 0.2) is 42.5 Å². The molecule has 0 saturated carbocycles. The summed E-state index contributed by atoms with van der Waals surface area (Å²) < 4.78 is 10.9. The van der Waals surface area contributed by atoms with Gasteiger partial charge in [0.2, 0.25) is 23.6 Å². The fourth-order valence-corrected chi connectivity index (χ4v) is 4.31. The minimum atomic E-state index is -1.01. The Labute approximate surface area is 229 Å². The van der Waals surface area contributed by atoms with Gasteiger partial charge in [0.1, 0.15) is 6.04 Å². The number of amides is 6. The molecule has 1 saturated heterocycles. The molecule has 2 aromatic rings. The largest absolute Gasteiger partial charge is 0.383 e. The van der Waals surface area contributed by atoms with Crippen LogP contribution in [-0.4, -0.2) is 79.4 Å². The Morgan fingerprint density at radius 3 is 2.42 bits per heavy atom. The average Bonchev–Trinajstić information content (AvgIpc) is 3.17. The van der Waals surface area contributed by atoms with E-state index in [9.17, 15) is 28.8 Å². The molecule has 13 heteroatoms. The molecule has 13 nitrogen and oxygen atoms in total. The van der Waals surface area contributed by atoms with Gasteiger partial charge in [-0.3, -0.25) is 39.0 Å². The van der Waals surface area contributed by atoms with Gasteiger partial charge in [-0.05, 0) is 42.8 Å². The summed E-state index contributed by atoms with van der Waals surface area (Å²) in [6.45, 7) is 1.55. The molecule has 0 aromatic heterocycles. The fourth-order valence-electron chi connectivity index (χ4n) is 4.31. The van der Waals surface area contributed by atoms with E-state index in [1.165, 1.54) is 12.1 Å². The lowest BCUT2D eigenvalue weighted by Crippen LogP contribution is -2.54. The van der Waals surface area contributed by atoms with Crippen molar-refractivity contribution in [2.45, 2.75) is 25.3 Å². The van der Waals surface area contributed by atoms with Crippen molar-refractivity contribution in [2.75, 3.05) is 43.6 Å². The van der Waals surface area contributed by atoms with E-state index in [0.29, 0.717) is 36.7 Å². The van der Waals surface area contributed by atoms with E-state index in [4.69, 9.17) is 15.2 Å². The molecule has 1 fully saturated rings. The summed E-state index contributed by atoms with van der Waals surface area (Å²) in [5, 5.41) is 7.96. The Balaban J connectivity index is 1.11. The first-order valence-corrected chi connectivity index (χ1v) is 12.7. The zero-order chi connectivity index (χ0) is 28.6. The van der Waals surface area contributed by atoms with Crippen LogP contribution in [0.25, 0.3) is 0 Å². The number of benzene rings is 2. The van der Waals surface area contributed by atoms with Crippen molar-refractivity contribution >= 4 is 46.8 Å². The van der Waals surface area contributed by atoms with Gasteiger partial charge < -0.3 is 25.8 Å². The number of carbonyl (C=O) groups is 6. The number of anilines is 2. The van der Waals surface area contributed by atoms with Crippen LogP contribution in [0.5, 0.6) is 0 Å². The van der Waals surface area contributed by atoms with Gasteiger partial charge in [0, 0.05) is 29.9 Å². The fraction of sp³-hybridized carbons (Fsp3) is 0.333. The molecule has 5 N–H and O–H groups in total. The Morgan fingerprint density at radius 2 is 1.68 bits per heavy atom. The predicted octanol–water partition coefficient (Wildman–Crippen LogP) is 0.661. The summed E-state index contributed by atoms with van der Waals surface area (Å²) >= 11 is 0. The highest BCUT2D eigenvalue weighted by Crippen LogP contribution is 2.29. The first kappa shape index (κ1) is 28.4. The highest BCUT2D eigenvalue weighted by atomic mass is 16.5. The zero-order valence-electron chi connectivity index (χ0n) is 21.6. The number of nitrogens with two attached hydrogens (primary N) is 1. The smallest absolute Gasteiger partial charge is 0.262 e. The lowest BCUT2D eigenvalue weighted by molar-refractivity contribution is -0.136. The maximum atomic E-state index is 12.9. The van der Waals surface area contributed by atoms with Crippen LogP contribution in [0.3, 0.4) is 0 Å². The monoisotopic (exact) mass is 551 g/mol. The molecular formula is C27H29N5O8. The molecule has 210 valence electrons. The van der Waals surface area contributed by atoms with Gasteiger partial charge in [-0.15, -0.1) is 0 Å². The van der Waals surface area contributed by atoms with Gasteiger partial charge in [0.05, 0.1) is 44.0 Å². The van der Waals surface area contributed by atoms with Gasteiger partial charge in [-0.25, -0.2) is 0 Å². The van der Waals surface area contributed by atoms with Gasteiger partial charge in [-0.2, -0.15) is 0 Å². The van der Waals surface area contributed by atoms with Crippen LogP contribution in [-0.2, 0) is 23.9 Å². The molecule has 2 heterocycles. The molecule has 4 rings (SSSR count). The standard InChI is InChI=1S/C27H29N5O8/c28-24(35)16-2-1-3-18(14-16)30-23(34)8-10-39-12-13-40-11-9-29-17-4-5-19-20(15-17)27(38)32(26(19)37)21-6-7-22(33)31-25(21)36/h1-5,14-15,21,29H,6-13H2,(H2,28,35)(H,30,34)(H,31,33,36). The van der Waals surface area contributed by atoms with E-state index in [1.807, 2.05) is 0 Å². The maximum absolute atomic E-state index is 12.9. The van der Waals surface area contributed by atoms with E-state index in [2.05, 4.69) is 16.0 Å². The molecule has 2 aliphatic heterocycles. The first-order valence-electron chi connectivity index (χ1n) is 12.7. The highest BCUT2D eigenvalue weighted by molar-refractivity contribution is 6.23. The number of hydrogen-bond acceptors (Lipinski definition) is 9. The number of piperidine rings is 1. The van der Waals surface area contributed by atoms with E-state index < -0.39 is 35.6 Å². The highest BCUT2D eigenvalue weighted by Gasteiger charge is 2.44. The van der Waals surface area contributed by atoms with Gasteiger partial charge in [0.25, 0.3) is 11.8 Å². The van der Waals surface area contributed by atoms with E-state index in [-0.39, 0.29) is 49.5 Å². The molecule has 2 aliphatic rings. The van der Waals surface area contributed by atoms with Crippen molar-refractivity contribution < 1.29 is 38.2 Å². The second-order valence-electron chi connectivity index (χ2n) is 9.10. The van der Waals surface area contributed by atoms with Crippen LogP contribution in [0, 0.1) is 0 Å². The topological polar surface area (TPSA) is 186 Å². The number of nitrogens with one attached hydrogen (secondary N) is 3. The third-order valence-corrected chi connectivity index (χ3v) is 6.29. The van der Waals surface area contributed by atoms with Gasteiger partial charge in [-0.1, -0.05) is 6.07 Å². The van der Waals surface area contributed by atoms with Crippen molar-refractivity contribution in [3.63, 3.8) is 0 Å². The van der Waals surface area contributed by atoms with Crippen molar-refractivity contribution in [3.05, 3.63) is 59.2 Å². The zero-order valence-corrected chi connectivity index (χ0v) is 21.6. The summed E-state index contributed by atoms with van der Waals surface area (Å²) in [6, 6.07) is 10.1. The van der Waals surface area contributed by atoms with Gasteiger partial charge in [0.15, 0.2) is 0 Å². The van der Waals surface area contributed by atoms with E-state index in [1.54, 1.807) is 30.3 Å². The number of carbonyl (C=O) groups excluding carboxylic acids is 6. The van der Waals surface area contributed by atoms with E-state index in [0.717, 1.165) is 4.90 Å². The van der Waals surface area contributed by atoms with Gasteiger partial charge >= 0.3 is 0 Å². The molecule has 0 spiro atoms. The van der Waals surface area contributed by atoms with Crippen LogP contribution in [0.1, 0.15) is 50.3 Å². The lowest BCUT2D eigenvalue weighted by Gasteiger charge is -2.27. The molecular weight excluding hydrogens is 522 g/mol. The van der Waals surface area contributed by atoms with Crippen molar-refractivity contribution in [1.29, 1.82) is 0 Å². The molecule has 0 bridgehead atoms. The molecule has 1 unspecified atom stereocenters. The Morgan fingerprint density at radius 1 is 0.925 bits per heavy atom. The third-order valence-electron chi connectivity index (χ3n) is 6.29. The number of nitrogens with zero attached hydrogens (tertiary/aromatic N) is 1. The predicted molar refractivity (Wildman–Crippen MR) is 141 cm³/mol. The molecule has 2 aromatic carbocycles. The van der Waals surface area contributed by atoms with Crippen LogP contribution in [0.2, 0.25) is 0 Å². The number of rotatable bonds is 13. The van der Waals surface area contributed by atoms with Crippen LogP contribution >= 0.6 is 0 Å². The Hall–Kier alpha value is -4.62. The van der Waals surface area contributed by atoms with E-state index >= 15 is 0 Å². The minimum absolute atomic E-state index is 0.0611. The summed E-state index contributed by atoms with van der Waals surface area (Å²) in [7, 11) is 0. The Kier molecular flexibility index (Phi) is 9.19. The second kappa shape index (κ2) is 13.0. The Bertz CT molecular complexity index is 1340. The lowest BCUT2D eigenvalue weighted by atomic mass is 10.0. The SMILES string of the molecule is NC(=O)c1cccc(NC(=O)CCOCCOCCNc2ccc3c(c2)C(=O)N(C2CCC(=O)NC2=O)C3=O)c1. The summed E-state index contributed by atoms with van der Waals surface area (Å²) in [6.07, 6.45) is 0.289. The van der Waals surface area contributed by atoms with Crippen LogP contribution < -0.4 is 21.7 Å². The molecule has 0 aliphatic carbocycles. The quantitative estimate of drug-likeness (QED) is 0.205. The molecule has 1 atom stereocenters. The molecule has 0 radical (unpaired) electrons. The average molecular weight is 552 g/mol. The molecule has 40 heavy (non-hydrogen) atoms. The summed E-state index contributed by atoms with van der Waals surface area (Å²) in [5.74, 6) is -3.04. The van der Waals surface area contributed by atoms with Crippen LogP contribution in [0.4, 0.5) is 11.4 Å². The molecule has 6 amide bonds. The number of imide groups is 2. The number of hydrogen-bond donors (Lipinski definition) is 4. The number of ether oxygens (including phenoxy) is 2. The number of primary amides is 1. The van der Waals surface area contributed by atoms with Crippen molar-refractivity contribution in [3.8, 4) is 0 Å². The first-order chi connectivity index (χ1) is 19.2. The summed E-state index contributed by atoms with van der Waals surface area (Å²) in [4.78, 5) is 73.4. The maximum Gasteiger partial charge on any atom is 0.262 e. The minimum Gasteiger partial charge on any atom is -0.383 e. The number of fused-ring (bicyclic) bond motifs is 1. The normalized spacial score (nSPS) is 16.5. The third kappa shape index (κ3) is 6.87. The van der Waals surface area contributed by atoms with Crippen molar-refractivity contribution in [1.82, 2.24) is 10.2 Å².